The molecular weight excluding hydrogens is 370 g/mol. The molecule has 0 saturated carbocycles. The van der Waals surface area contributed by atoms with Gasteiger partial charge in [-0.3, -0.25) is 15.0 Å². The minimum absolute atomic E-state index is 0.0122. The van der Waals surface area contributed by atoms with Gasteiger partial charge >= 0.3 is 0 Å². The summed E-state index contributed by atoms with van der Waals surface area (Å²) in [6.07, 6.45) is 4.48. The molecule has 9 heteroatoms. The quantitative estimate of drug-likeness (QED) is 0.383. The number of pyridine rings is 1. The molecule has 0 aliphatic rings. The molecule has 1 aromatic heterocycles. The normalized spacial score (nSPS) is 12.2. The zero-order valence-electron chi connectivity index (χ0n) is 14.8. The topological polar surface area (TPSA) is 109 Å². The number of methoxy groups -OCH3 is 1. The first-order valence-electron chi connectivity index (χ1n) is 8.04. The Kier molecular flexibility index (Phi) is 7.05. The molecule has 8 nitrogen and oxygen atoms in total. The number of benzene rings is 1. The van der Waals surface area contributed by atoms with Crippen molar-refractivity contribution >= 4 is 15.9 Å². The molecular formula is C18H21N3O5S. The van der Waals surface area contributed by atoms with Gasteiger partial charge in [-0.2, -0.15) is 4.72 Å². The van der Waals surface area contributed by atoms with E-state index in [4.69, 9.17) is 4.74 Å². The van der Waals surface area contributed by atoms with Gasteiger partial charge in [-0.15, -0.1) is 6.58 Å². The molecule has 1 atom stereocenters. The summed E-state index contributed by atoms with van der Waals surface area (Å²) in [6.45, 7) is 3.42. The van der Waals surface area contributed by atoms with E-state index < -0.39 is 22.0 Å². The Morgan fingerprint density at radius 1 is 1.37 bits per heavy atom. The summed E-state index contributed by atoms with van der Waals surface area (Å²) in [5, 5.41) is 10.5. The number of nitrogens with one attached hydrogen (secondary N) is 1. The van der Waals surface area contributed by atoms with E-state index in [1.807, 2.05) is 0 Å². The van der Waals surface area contributed by atoms with Crippen molar-refractivity contribution in [1.29, 1.82) is 0 Å². The Morgan fingerprint density at radius 2 is 2.07 bits per heavy atom. The second-order valence-electron chi connectivity index (χ2n) is 5.63. The van der Waals surface area contributed by atoms with Crippen molar-refractivity contribution in [2.24, 2.45) is 0 Å². The van der Waals surface area contributed by atoms with Crippen LogP contribution >= 0.6 is 0 Å². The second kappa shape index (κ2) is 9.26. The average molecular weight is 391 g/mol. The van der Waals surface area contributed by atoms with Crippen molar-refractivity contribution < 1.29 is 23.2 Å². The van der Waals surface area contributed by atoms with E-state index in [0.29, 0.717) is 16.4 Å². The van der Waals surface area contributed by atoms with Gasteiger partial charge in [0.15, 0.2) is 0 Å². The van der Waals surface area contributed by atoms with Gasteiger partial charge in [0.05, 0.1) is 18.6 Å². The second-order valence-corrected chi connectivity index (χ2v) is 7.34. The Bertz CT molecular complexity index is 870. The van der Waals surface area contributed by atoms with Crippen molar-refractivity contribution in [3.8, 4) is 5.75 Å². The maximum Gasteiger partial charge on any atom is 0.264 e. The summed E-state index contributed by atoms with van der Waals surface area (Å²) in [7, 11) is -2.51. The maximum absolute atomic E-state index is 12.6. The summed E-state index contributed by atoms with van der Waals surface area (Å²) in [4.78, 5) is 16.4. The van der Waals surface area contributed by atoms with Gasteiger partial charge in [0.2, 0.25) is 10.0 Å². The van der Waals surface area contributed by atoms with Crippen molar-refractivity contribution in [3.05, 3.63) is 67.0 Å². The molecule has 2 aromatic rings. The first-order valence-corrected chi connectivity index (χ1v) is 9.52. The lowest BCUT2D eigenvalue weighted by Gasteiger charge is -2.22. The number of carbonyl (C=O) groups excluding carboxylic acids is 1. The van der Waals surface area contributed by atoms with Gasteiger partial charge in [0.25, 0.3) is 5.91 Å². The third kappa shape index (κ3) is 5.61. The molecule has 27 heavy (non-hydrogen) atoms. The zero-order chi connectivity index (χ0) is 19.9. The number of amides is 1. The number of sulfonamides is 1. The standard InChI is InChI=1S/C18H21N3O5S/c1-3-5-17(18(22)21(23)13-14-6-4-11-19-12-14)20-27(24,25)16-9-7-15(26-2)8-10-16/h3-4,6-12,17,20,23H,1,5,13H2,2H3/t17-/m1/s1. The van der Waals surface area contributed by atoms with Crippen LogP contribution in [0.1, 0.15) is 12.0 Å². The molecule has 1 amide bonds. The SMILES string of the molecule is C=CC[C@@H](NS(=O)(=O)c1ccc(OC)cc1)C(=O)N(O)Cc1cccnc1. The van der Waals surface area contributed by atoms with Gasteiger partial charge in [-0.1, -0.05) is 12.1 Å². The van der Waals surface area contributed by atoms with Crippen LogP contribution < -0.4 is 9.46 Å². The molecule has 2 rings (SSSR count). The minimum atomic E-state index is -3.98. The molecule has 0 spiro atoms. The molecule has 2 N–H and O–H groups in total. The number of nitrogens with zero attached hydrogens (tertiary/aromatic N) is 2. The highest BCUT2D eigenvalue weighted by Crippen LogP contribution is 2.16. The fourth-order valence-electron chi connectivity index (χ4n) is 2.30. The average Bonchev–Trinajstić information content (AvgIpc) is 2.67. The Balaban J connectivity index is 2.14. The van der Waals surface area contributed by atoms with E-state index in [-0.39, 0.29) is 17.9 Å². The summed E-state index contributed by atoms with van der Waals surface area (Å²) < 4.78 is 32.4. The monoisotopic (exact) mass is 391 g/mol. The highest BCUT2D eigenvalue weighted by Gasteiger charge is 2.28. The van der Waals surface area contributed by atoms with Crippen LogP contribution in [0, 0.1) is 0 Å². The van der Waals surface area contributed by atoms with Gasteiger partial charge in [0, 0.05) is 12.4 Å². The largest absolute Gasteiger partial charge is 0.497 e. The number of hydroxylamine groups is 2. The van der Waals surface area contributed by atoms with Crippen molar-refractivity contribution in [2.45, 2.75) is 23.9 Å². The molecule has 144 valence electrons. The van der Waals surface area contributed by atoms with Crippen molar-refractivity contribution in [3.63, 3.8) is 0 Å². The van der Waals surface area contributed by atoms with Gasteiger partial charge < -0.3 is 4.74 Å². The van der Waals surface area contributed by atoms with E-state index >= 15 is 0 Å². The summed E-state index contributed by atoms with van der Waals surface area (Å²) in [5.74, 6) is -0.290. The lowest BCUT2D eigenvalue weighted by Crippen LogP contribution is -2.47. The molecule has 0 saturated heterocycles. The Morgan fingerprint density at radius 3 is 2.63 bits per heavy atom. The van der Waals surface area contributed by atoms with E-state index in [1.165, 1.54) is 43.6 Å². The van der Waals surface area contributed by atoms with Crippen LogP contribution in [0.5, 0.6) is 5.75 Å². The smallest absolute Gasteiger partial charge is 0.264 e. The van der Waals surface area contributed by atoms with Gasteiger partial charge in [-0.05, 0) is 42.3 Å². The van der Waals surface area contributed by atoms with E-state index in [0.717, 1.165) is 0 Å². The summed E-state index contributed by atoms with van der Waals surface area (Å²) >= 11 is 0. The third-order valence-electron chi connectivity index (χ3n) is 3.68. The van der Waals surface area contributed by atoms with Gasteiger partial charge in [-0.25, -0.2) is 13.5 Å². The Labute approximate surface area is 158 Å². The molecule has 0 fully saturated rings. The highest BCUT2D eigenvalue weighted by atomic mass is 32.2. The minimum Gasteiger partial charge on any atom is -0.497 e. The predicted molar refractivity (Wildman–Crippen MR) is 98.5 cm³/mol. The molecule has 1 heterocycles. The highest BCUT2D eigenvalue weighted by molar-refractivity contribution is 7.89. The molecule has 0 unspecified atom stereocenters. The van der Waals surface area contributed by atoms with Crippen LogP contribution in [0.4, 0.5) is 0 Å². The number of ether oxygens (including phenoxy) is 1. The van der Waals surface area contributed by atoms with Crippen LogP contribution in [-0.2, 0) is 21.4 Å². The number of carbonyl (C=O) groups is 1. The number of hydrogen-bond acceptors (Lipinski definition) is 6. The summed E-state index contributed by atoms with van der Waals surface area (Å²) in [5.41, 5.74) is 0.601. The molecule has 0 radical (unpaired) electrons. The van der Waals surface area contributed by atoms with E-state index in [1.54, 1.807) is 18.3 Å². The number of hydrogen-bond donors (Lipinski definition) is 2. The first kappa shape index (κ1) is 20.6. The van der Waals surface area contributed by atoms with E-state index in [2.05, 4.69) is 16.3 Å². The Hall–Kier alpha value is -2.75. The summed E-state index contributed by atoms with van der Waals surface area (Å²) in [6, 6.07) is 7.89. The van der Waals surface area contributed by atoms with E-state index in [9.17, 15) is 18.4 Å². The molecule has 0 bridgehead atoms. The lowest BCUT2D eigenvalue weighted by molar-refractivity contribution is -0.169. The fourth-order valence-corrected chi connectivity index (χ4v) is 3.50. The van der Waals surface area contributed by atoms with Crippen molar-refractivity contribution in [2.75, 3.05) is 7.11 Å². The number of aromatic nitrogens is 1. The van der Waals surface area contributed by atoms with Crippen LogP contribution in [0.3, 0.4) is 0 Å². The van der Waals surface area contributed by atoms with Crippen LogP contribution in [0.15, 0.2) is 66.3 Å². The fraction of sp³-hybridized carbons (Fsp3) is 0.222. The maximum atomic E-state index is 12.6. The third-order valence-corrected chi connectivity index (χ3v) is 5.16. The lowest BCUT2D eigenvalue weighted by atomic mass is 10.2. The number of rotatable bonds is 9. The predicted octanol–water partition coefficient (Wildman–Crippen LogP) is 1.73. The van der Waals surface area contributed by atoms with Crippen LogP contribution in [0.25, 0.3) is 0 Å². The zero-order valence-corrected chi connectivity index (χ0v) is 15.6. The van der Waals surface area contributed by atoms with Gasteiger partial charge in [0.1, 0.15) is 11.8 Å². The van der Waals surface area contributed by atoms with Crippen molar-refractivity contribution in [1.82, 2.24) is 14.8 Å². The van der Waals surface area contributed by atoms with Crippen LogP contribution in [0.2, 0.25) is 0 Å². The first-order chi connectivity index (χ1) is 12.9. The molecule has 0 aliphatic carbocycles. The molecule has 1 aromatic carbocycles. The molecule has 0 aliphatic heterocycles. The van der Waals surface area contributed by atoms with Crippen LogP contribution in [-0.4, -0.2) is 42.7 Å².